The number of nitrogens with zero attached hydrogens (tertiary/aromatic N) is 2. The lowest BCUT2D eigenvalue weighted by Crippen LogP contribution is -2.11. The van der Waals surface area contributed by atoms with Crippen LogP contribution in [-0.4, -0.2) is 22.7 Å². The van der Waals surface area contributed by atoms with Crippen molar-refractivity contribution in [2.75, 3.05) is 7.11 Å². The number of ketones is 1. The predicted molar refractivity (Wildman–Crippen MR) is 72.2 cm³/mol. The Bertz CT molecular complexity index is 372. The fraction of sp³-hybridized carbons (Fsp3) is 0.714. The van der Waals surface area contributed by atoms with Gasteiger partial charge in [-0.1, -0.05) is 33.1 Å². The van der Waals surface area contributed by atoms with Crippen molar-refractivity contribution in [3.63, 3.8) is 0 Å². The van der Waals surface area contributed by atoms with Gasteiger partial charge in [-0.2, -0.15) is 5.10 Å². The smallest absolute Gasteiger partial charge is 0.184 e. The van der Waals surface area contributed by atoms with Gasteiger partial charge in [-0.3, -0.25) is 9.48 Å². The largest absolute Gasteiger partial charge is 0.493 e. The van der Waals surface area contributed by atoms with E-state index < -0.39 is 0 Å². The Hall–Kier alpha value is -1.32. The van der Waals surface area contributed by atoms with E-state index in [0.29, 0.717) is 17.9 Å². The number of aryl methyl sites for hydroxylation is 1. The van der Waals surface area contributed by atoms with Crippen LogP contribution in [0.3, 0.4) is 0 Å². The first-order chi connectivity index (χ1) is 8.74. The van der Waals surface area contributed by atoms with Gasteiger partial charge in [0.25, 0.3) is 0 Å². The molecule has 0 saturated carbocycles. The van der Waals surface area contributed by atoms with Crippen LogP contribution in [0.25, 0.3) is 0 Å². The van der Waals surface area contributed by atoms with E-state index in [2.05, 4.69) is 18.9 Å². The quantitative estimate of drug-likeness (QED) is 0.499. The number of rotatable bonds is 9. The highest BCUT2D eigenvalue weighted by molar-refractivity contribution is 5.96. The minimum atomic E-state index is 0.147. The molecular formula is C14H24N2O2. The monoisotopic (exact) mass is 252 g/mol. The molecule has 0 amide bonds. The maximum absolute atomic E-state index is 12.2. The van der Waals surface area contributed by atoms with E-state index in [-0.39, 0.29) is 5.78 Å². The summed E-state index contributed by atoms with van der Waals surface area (Å²) in [7, 11) is 1.58. The molecule has 0 bridgehead atoms. The molecule has 4 nitrogen and oxygen atoms in total. The van der Waals surface area contributed by atoms with Crippen LogP contribution in [0, 0.1) is 0 Å². The highest BCUT2D eigenvalue weighted by atomic mass is 16.5. The number of Topliss-reactive ketones (excluding diaryl/α,β-unsaturated/α-hetero) is 1. The number of hydrogen-bond acceptors (Lipinski definition) is 3. The fourth-order valence-corrected chi connectivity index (χ4v) is 2.01. The Morgan fingerprint density at radius 2 is 2.06 bits per heavy atom. The molecule has 0 spiro atoms. The van der Waals surface area contributed by atoms with Gasteiger partial charge in [0, 0.05) is 13.0 Å². The van der Waals surface area contributed by atoms with Gasteiger partial charge in [0.15, 0.2) is 11.5 Å². The molecule has 1 heterocycles. The van der Waals surface area contributed by atoms with E-state index in [1.165, 1.54) is 12.8 Å². The summed E-state index contributed by atoms with van der Waals surface area (Å²) in [6, 6.07) is 0. The van der Waals surface area contributed by atoms with Crippen molar-refractivity contribution in [2.24, 2.45) is 0 Å². The molecule has 0 aliphatic carbocycles. The lowest BCUT2D eigenvalue weighted by Gasteiger charge is -2.07. The van der Waals surface area contributed by atoms with Crippen LogP contribution in [0.1, 0.15) is 62.9 Å². The zero-order valence-corrected chi connectivity index (χ0v) is 11.7. The Morgan fingerprint density at radius 3 is 2.67 bits per heavy atom. The summed E-state index contributed by atoms with van der Waals surface area (Å²) in [5, 5.41) is 4.21. The number of methoxy groups -OCH3 is 1. The summed E-state index contributed by atoms with van der Waals surface area (Å²) in [6.45, 7) is 5.00. The lowest BCUT2D eigenvalue weighted by molar-refractivity contribution is 0.0965. The molecule has 0 aliphatic heterocycles. The molecule has 0 fully saturated rings. The molecule has 18 heavy (non-hydrogen) atoms. The van der Waals surface area contributed by atoms with Crippen molar-refractivity contribution in [1.82, 2.24) is 9.78 Å². The summed E-state index contributed by atoms with van der Waals surface area (Å²) in [6.07, 6.45) is 7.63. The van der Waals surface area contributed by atoms with Crippen LogP contribution in [-0.2, 0) is 6.54 Å². The molecule has 0 unspecified atom stereocenters. The second kappa shape index (κ2) is 7.90. The normalized spacial score (nSPS) is 10.6. The summed E-state index contributed by atoms with van der Waals surface area (Å²) in [4.78, 5) is 12.2. The van der Waals surface area contributed by atoms with Gasteiger partial charge in [0.1, 0.15) is 5.69 Å². The lowest BCUT2D eigenvalue weighted by atomic mass is 10.1. The first kappa shape index (κ1) is 14.7. The number of unbranched alkanes of at least 4 members (excludes halogenated alkanes) is 3. The second-order valence-electron chi connectivity index (χ2n) is 4.52. The molecule has 0 N–H and O–H groups in total. The van der Waals surface area contributed by atoms with Crippen molar-refractivity contribution in [3.05, 3.63) is 11.9 Å². The third-order valence-electron chi connectivity index (χ3n) is 2.98. The molecule has 0 saturated heterocycles. The highest BCUT2D eigenvalue weighted by Gasteiger charge is 2.18. The molecule has 1 rings (SSSR count). The van der Waals surface area contributed by atoms with E-state index in [9.17, 15) is 4.79 Å². The zero-order chi connectivity index (χ0) is 13.4. The van der Waals surface area contributed by atoms with Crippen molar-refractivity contribution in [3.8, 4) is 5.75 Å². The third kappa shape index (κ3) is 3.86. The van der Waals surface area contributed by atoms with Gasteiger partial charge in [0.05, 0.1) is 13.3 Å². The van der Waals surface area contributed by atoms with Gasteiger partial charge in [-0.25, -0.2) is 0 Å². The van der Waals surface area contributed by atoms with Crippen LogP contribution in [0.5, 0.6) is 5.75 Å². The van der Waals surface area contributed by atoms with E-state index in [4.69, 9.17) is 4.74 Å². The standard InChI is InChI=1S/C14H24N2O2/c1-4-6-7-8-9-12(17)14-13(18-3)11-15-16(14)10-5-2/h11H,4-10H2,1-3H3. The molecule has 1 aromatic heterocycles. The maximum atomic E-state index is 12.2. The fourth-order valence-electron chi connectivity index (χ4n) is 2.01. The molecule has 4 heteroatoms. The highest BCUT2D eigenvalue weighted by Crippen LogP contribution is 2.20. The average molecular weight is 252 g/mol. The van der Waals surface area contributed by atoms with Gasteiger partial charge in [-0.15, -0.1) is 0 Å². The first-order valence-electron chi connectivity index (χ1n) is 6.87. The Balaban J connectivity index is 2.67. The van der Waals surface area contributed by atoms with Crippen molar-refractivity contribution >= 4 is 5.78 Å². The number of carbonyl (C=O) groups excluding carboxylic acids is 1. The van der Waals surface area contributed by atoms with Gasteiger partial charge in [0.2, 0.25) is 0 Å². The summed E-state index contributed by atoms with van der Waals surface area (Å²) < 4.78 is 6.98. The molecule has 0 aliphatic rings. The van der Waals surface area contributed by atoms with E-state index >= 15 is 0 Å². The first-order valence-corrected chi connectivity index (χ1v) is 6.87. The Labute approximate surface area is 109 Å². The van der Waals surface area contributed by atoms with Crippen molar-refractivity contribution in [2.45, 2.75) is 58.9 Å². The molecular weight excluding hydrogens is 228 g/mol. The van der Waals surface area contributed by atoms with E-state index in [1.54, 1.807) is 18.0 Å². The number of aromatic nitrogens is 2. The summed E-state index contributed by atoms with van der Waals surface area (Å²) >= 11 is 0. The predicted octanol–water partition coefficient (Wildman–Crippen LogP) is 3.45. The Kier molecular flexibility index (Phi) is 6.47. The molecule has 0 radical (unpaired) electrons. The molecule has 102 valence electrons. The topological polar surface area (TPSA) is 44.1 Å². The van der Waals surface area contributed by atoms with Crippen molar-refractivity contribution < 1.29 is 9.53 Å². The number of hydrogen-bond donors (Lipinski definition) is 0. The van der Waals surface area contributed by atoms with Crippen LogP contribution in [0.15, 0.2) is 6.20 Å². The van der Waals surface area contributed by atoms with Crippen LogP contribution < -0.4 is 4.74 Å². The molecule has 0 aromatic carbocycles. The van der Waals surface area contributed by atoms with Crippen LogP contribution >= 0.6 is 0 Å². The summed E-state index contributed by atoms with van der Waals surface area (Å²) in [5.41, 5.74) is 0.635. The minimum Gasteiger partial charge on any atom is -0.493 e. The molecule has 1 aromatic rings. The van der Waals surface area contributed by atoms with Gasteiger partial charge in [-0.05, 0) is 12.8 Å². The van der Waals surface area contributed by atoms with Crippen molar-refractivity contribution in [1.29, 1.82) is 0 Å². The van der Waals surface area contributed by atoms with E-state index in [1.807, 2.05) is 0 Å². The number of ether oxygens (including phenoxy) is 1. The third-order valence-corrected chi connectivity index (χ3v) is 2.98. The Morgan fingerprint density at radius 1 is 1.28 bits per heavy atom. The van der Waals surface area contributed by atoms with Crippen LogP contribution in [0.2, 0.25) is 0 Å². The summed E-state index contributed by atoms with van der Waals surface area (Å²) in [5.74, 6) is 0.748. The van der Waals surface area contributed by atoms with Gasteiger partial charge >= 0.3 is 0 Å². The molecule has 0 atom stereocenters. The average Bonchev–Trinajstić information content (AvgIpc) is 2.78. The van der Waals surface area contributed by atoms with Gasteiger partial charge < -0.3 is 4.74 Å². The second-order valence-corrected chi connectivity index (χ2v) is 4.52. The maximum Gasteiger partial charge on any atom is 0.184 e. The number of carbonyl (C=O) groups is 1. The van der Waals surface area contributed by atoms with E-state index in [0.717, 1.165) is 25.8 Å². The van der Waals surface area contributed by atoms with Crippen LogP contribution in [0.4, 0.5) is 0 Å². The minimum absolute atomic E-state index is 0.147. The zero-order valence-electron chi connectivity index (χ0n) is 11.7. The SMILES string of the molecule is CCCCCCC(=O)c1c(OC)cnn1CCC.